The van der Waals surface area contributed by atoms with E-state index in [1.54, 1.807) is 18.2 Å². The van der Waals surface area contributed by atoms with Crippen LogP contribution in [0.2, 0.25) is 5.02 Å². The third-order valence-corrected chi connectivity index (χ3v) is 3.29. The van der Waals surface area contributed by atoms with Gasteiger partial charge in [0.05, 0.1) is 6.61 Å². The Morgan fingerprint density at radius 3 is 2.89 bits per heavy atom. The molecular weight excluding hydrogens is 288 g/mol. The zero-order valence-electron chi connectivity index (χ0n) is 9.84. The highest BCUT2D eigenvalue weighted by molar-refractivity contribution is 7.99. The molecule has 0 aliphatic carbocycles. The molecule has 1 heterocycles. The van der Waals surface area contributed by atoms with Gasteiger partial charge >= 0.3 is 5.97 Å². The van der Waals surface area contributed by atoms with Crippen molar-refractivity contribution in [2.75, 3.05) is 12.4 Å². The fourth-order valence-electron chi connectivity index (χ4n) is 1.37. The predicted octanol–water partition coefficient (Wildman–Crippen LogP) is 3.80. The van der Waals surface area contributed by atoms with Gasteiger partial charge in [0.15, 0.2) is 5.09 Å². The van der Waals surface area contributed by atoms with E-state index < -0.39 is 5.97 Å². The van der Waals surface area contributed by atoms with Gasteiger partial charge < -0.3 is 14.3 Å². The number of ether oxygens (including phenoxy) is 1. The summed E-state index contributed by atoms with van der Waals surface area (Å²) >= 11 is 7.22. The van der Waals surface area contributed by atoms with Gasteiger partial charge in [0.25, 0.3) is 0 Å². The van der Waals surface area contributed by atoms with E-state index in [4.69, 9.17) is 25.9 Å². The first-order chi connectivity index (χ1) is 9.15. The molecule has 2 rings (SSSR count). The van der Waals surface area contributed by atoms with Crippen LogP contribution in [0.3, 0.4) is 0 Å². The molecule has 1 aromatic heterocycles. The van der Waals surface area contributed by atoms with Crippen LogP contribution in [0.5, 0.6) is 5.75 Å². The summed E-state index contributed by atoms with van der Waals surface area (Å²) in [7, 11) is 0. The number of carboxylic acid groups (broad SMARTS) is 1. The molecule has 0 aliphatic heterocycles. The van der Waals surface area contributed by atoms with Crippen LogP contribution in [0.4, 0.5) is 0 Å². The van der Waals surface area contributed by atoms with Crippen molar-refractivity contribution in [2.24, 2.45) is 0 Å². The summed E-state index contributed by atoms with van der Waals surface area (Å²) in [6.07, 6.45) is 0. The minimum Gasteiger partial charge on any atom is -0.493 e. The van der Waals surface area contributed by atoms with Crippen LogP contribution in [0.1, 0.15) is 10.6 Å². The van der Waals surface area contributed by atoms with Gasteiger partial charge in [-0.15, -0.1) is 0 Å². The molecule has 0 saturated heterocycles. The molecule has 6 heteroatoms. The van der Waals surface area contributed by atoms with Gasteiger partial charge in [0.2, 0.25) is 5.76 Å². The van der Waals surface area contributed by atoms with Crippen LogP contribution in [0.15, 0.2) is 45.9 Å². The number of carboxylic acids is 1. The summed E-state index contributed by atoms with van der Waals surface area (Å²) in [4.78, 5) is 10.6. The quantitative estimate of drug-likeness (QED) is 0.649. The largest absolute Gasteiger partial charge is 0.493 e. The Balaban J connectivity index is 1.76. The summed E-state index contributed by atoms with van der Waals surface area (Å²) in [6, 6.07) is 10.2. The number of thioether (sulfide) groups is 1. The molecule has 0 unspecified atom stereocenters. The molecule has 0 aliphatic rings. The first kappa shape index (κ1) is 13.8. The predicted molar refractivity (Wildman–Crippen MR) is 73.3 cm³/mol. The molecule has 0 spiro atoms. The number of hydrogen-bond donors (Lipinski definition) is 1. The molecule has 0 radical (unpaired) electrons. The lowest BCUT2D eigenvalue weighted by Crippen LogP contribution is -1.99. The lowest BCUT2D eigenvalue weighted by molar-refractivity contribution is 0.0656. The molecule has 0 saturated carbocycles. The third kappa shape index (κ3) is 4.22. The molecule has 0 fully saturated rings. The van der Waals surface area contributed by atoms with Crippen LogP contribution < -0.4 is 4.74 Å². The molecule has 4 nitrogen and oxygen atoms in total. The maximum absolute atomic E-state index is 10.6. The molecule has 1 N–H and O–H groups in total. The second-order valence-electron chi connectivity index (χ2n) is 3.58. The normalized spacial score (nSPS) is 10.4. The van der Waals surface area contributed by atoms with Gasteiger partial charge in [-0.05, 0) is 30.3 Å². The summed E-state index contributed by atoms with van der Waals surface area (Å²) in [5, 5.41) is 9.89. The van der Waals surface area contributed by atoms with Crippen LogP contribution in [-0.4, -0.2) is 23.4 Å². The zero-order chi connectivity index (χ0) is 13.7. The Labute approximate surface area is 119 Å². The molecule has 19 heavy (non-hydrogen) atoms. The highest BCUT2D eigenvalue weighted by Gasteiger charge is 2.08. The summed E-state index contributed by atoms with van der Waals surface area (Å²) in [5.74, 6) is 0.234. The first-order valence-electron chi connectivity index (χ1n) is 5.49. The van der Waals surface area contributed by atoms with Gasteiger partial charge in [-0.25, -0.2) is 4.79 Å². The smallest absolute Gasteiger partial charge is 0.371 e. The summed E-state index contributed by atoms with van der Waals surface area (Å²) in [6.45, 7) is 0.480. The minimum atomic E-state index is -1.07. The first-order valence-corrected chi connectivity index (χ1v) is 6.86. The van der Waals surface area contributed by atoms with E-state index in [-0.39, 0.29) is 5.76 Å². The second kappa shape index (κ2) is 6.54. The minimum absolute atomic E-state index is 0.0572. The van der Waals surface area contributed by atoms with E-state index in [0.29, 0.717) is 28.2 Å². The highest BCUT2D eigenvalue weighted by atomic mass is 35.5. The zero-order valence-corrected chi connectivity index (χ0v) is 11.4. The van der Waals surface area contributed by atoms with E-state index in [1.807, 2.05) is 12.1 Å². The molecule has 100 valence electrons. The fraction of sp³-hybridized carbons (Fsp3) is 0.154. The van der Waals surface area contributed by atoms with E-state index in [1.165, 1.54) is 17.8 Å². The van der Waals surface area contributed by atoms with Gasteiger partial charge in [0.1, 0.15) is 5.75 Å². The van der Waals surface area contributed by atoms with Crippen molar-refractivity contribution in [1.29, 1.82) is 0 Å². The fourth-order valence-corrected chi connectivity index (χ4v) is 2.23. The number of hydrogen-bond acceptors (Lipinski definition) is 4. The van der Waals surface area contributed by atoms with E-state index in [2.05, 4.69) is 0 Å². The van der Waals surface area contributed by atoms with Crippen molar-refractivity contribution in [3.05, 3.63) is 47.2 Å². The Morgan fingerprint density at radius 2 is 2.21 bits per heavy atom. The van der Waals surface area contributed by atoms with E-state index in [9.17, 15) is 4.79 Å². The Kier molecular flexibility index (Phi) is 4.76. The Bertz CT molecular complexity index is 567. The molecule has 0 atom stereocenters. The van der Waals surface area contributed by atoms with Crippen molar-refractivity contribution in [3.63, 3.8) is 0 Å². The second-order valence-corrected chi connectivity index (χ2v) is 5.11. The van der Waals surface area contributed by atoms with Crippen molar-refractivity contribution in [2.45, 2.75) is 5.09 Å². The van der Waals surface area contributed by atoms with Gasteiger partial charge in [-0.3, -0.25) is 0 Å². The molecular formula is C13H11ClO4S. The van der Waals surface area contributed by atoms with Gasteiger partial charge in [-0.2, -0.15) is 0 Å². The number of halogens is 1. The molecule has 2 aromatic rings. The molecule has 1 aromatic carbocycles. The number of furan rings is 1. The highest BCUT2D eigenvalue weighted by Crippen LogP contribution is 2.22. The van der Waals surface area contributed by atoms with Crippen LogP contribution >= 0.6 is 23.4 Å². The van der Waals surface area contributed by atoms with Crippen molar-refractivity contribution in [3.8, 4) is 5.75 Å². The number of benzene rings is 1. The van der Waals surface area contributed by atoms with Crippen LogP contribution in [0, 0.1) is 0 Å². The molecule has 0 amide bonds. The number of rotatable bonds is 6. The lowest BCUT2D eigenvalue weighted by atomic mass is 10.3. The Hall–Kier alpha value is -1.59. The monoisotopic (exact) mass is 298 g/mol. The van der Waals surface area contributed by atoms with Gasteiger partial charge in [0, 0.05) is 10.8 Å². The van der Waals surface area contributed by atoms with Crippen molar-refractivity contribution in [1.82, 2.24) is 0 Å². The molecule has 0 bridgehead atoms. The number of carbonyl (C=O) groups is 1. The van der Waals surface area contributed by atoms with E-state index >= 15 is 0 Å². The van der Waals surface area contributed by atoms with Crippen molar-refractivity contribution < 1.29 is 19.1 Å². The van der Waals surface area contributed by atoms with Gasteiger partial charge in [-0.1, -0.05) is 29.4 Å². The van der Waals surface area contributed by atoms with Crippen LogP contribution in [-0.2, 0) is 0 Å². The topological polar surface area (TPSA) is 59.7 Å². The van der Waals surface area contributed by atoms with Crippen LogP contribution in [0.25, 0.3) is 0 Å². The lowest BCUT2D eigenvalue weighted by Gasteiger charge is -2.05. The summed E-state index contributed by atoms with van der Waals surface area (Å²) < 4.78 is 10.6. The van der Waals surface area contributed by atoms with Crippen molar-refractivity contribution >= 4 is 29.3 Å². The average molecular weight is 299 g/mol. The number of aromatic carboxylic acids is 1. The maximum Gasteiger partial charge on any atom is 0.371 e. The Morgan fingerprint density at radius 1 is 1.37 bits per heavy atom. The maximum atomic E-state index is 10.6. The average Bonchev–Trinajstić information content (AvgIpc) is 2.84. The van der Waals surface area contributed by atoms with E-state index in [0.717, 1.165) is 0 Å². The standard InChI is InChI=1S/C13H11ClO4S/c14-9-2-1-3-10(8-9)17-6-7-19-12-5-4-11(18-12)13(15)16/h1-5,8H,6-7H2,(H,15,16). The summed E-state index contributed by atoms with van der Waals surface area (Å²) in [5.41, 5.74) is 0. The SMILES string of the molecule is O=C(O)c1ccc(SCCOc2cccc(Cl)c2)o1. The third-order valence-electron chi connectivity index (χ3n) is 2.18.